The lowest BCUT2D eigenvalue weighted by Gasteiger charge is -1.99. The number of benzene rings is 1. The first kappa shape index (κ1) is 27.9. The number of halogens is 1. The summed E-state index contributed by atoms with van der Waals surface area (Å²) < 4.78 is 22.4. The van der Waals surface area contributed by atoms with Crippen LogP contribution in [0.5, 0.6) is 0 Å². The second kappa shape index (κ2) is 16.8. The van der Waals surface area contributed by atoms with E-state index in [1.54, 1.807) is 12.1 Å². The standard InChI is InChI=1S/C11H14N2O2S.C8H8.C2H6.CH3Cl/c1-9(2)12-8-13-10-4-6-11(7-5-10)16(3,14)15;1-8-6-4-2-3-5-7-8;2*1-2/h4-8H,1H2,2-3H3,(H,12,13);2-4,6-7H,1H3;1-2H3;1H3. The van der Waals surface area contributed by atoms with Crippen LogP contribution >= 0.6 is 11.6 Å². The molecule has 0 aliphatic heterocycles. The molecule has 0 fully saturated rings. The van der Waals surface area contributed by atoms with Gasteiger partial charge in [-0.15, -0.1) is 17.3 Å². The smallest absolute Gasteiger partial charge is 0.175 e. The molecule has 154 valence electrons. The summed E-state index contributed by atoms with van der Waals surface area (Å²) in [5.41, 5.74) is 5.71. The van der Waals surface area contributed by atoms with Gasteiger partial charge < -0.3 is 5.32 Å². The summed E-state index contributed by atoms with van der Waals surface area (Å²) in [6.45, 7) is 11.5. The average molecular weight is 423 g/mol. The van der Waals surface area contributed by atoms with Gasteiger partial charge in [-0.1, -0.05) is 38.7 Å². The summed E-state index contributed by atoms with van der Waals surface area (Å²) in [7, 11) is -3.14. The van der Waals surface area contributed by atoms with Crippen molar-refractivity contribution in [2.75, 3.05) is 12.6 Å². The van der Waals surface area contributed by atoms with Crippen LogP contribution in [0.15, 0.2) is 88.1 Å². The van der Waals surface area contributed by atoms with Crippen molar-refractivity contribution in [3.05, 3.63) is 78.2 Å². The Labute approximate surface area is 175 Å². The topological polar surface area (TPSA) is 58.5 Å². The van der Waals surface area contributed by atoms with Crippen molar-refractivity contribution >= 4 is 33.5 Å². The maximum Gasteiger partial charge on any atom is 0.175 e. The molecule has 0 saturated carbocycles. The summed E-state index contributed by atoms with van der Waals surface area (Å²) in [6.07, 6.45) is 14.0. The van der Waals surface area contributed by atoms with E-state index in [-0.39, 0.29) is 0 Å². The third kappa shape index (κ3) is 14.8. The Kier molecular flexibility index (Phi) is 16.7. The Balaban J connectivity index is 0. The molecule has 2 rings (SSSR count). The van der Waals surface area contributed by atoms with Crippen molar-refractivity contribution in [2.45, 2.75) is 32.6 Å². The van der Waals surface area contributed by atoms with Crippen molar-refractivity contribution in [2.24, 2.45) is 4.99 Å². The van der Waals surface area contributed by atoms with E-state index >= 15 is 0 Å². The molecule has 28 heavy (non-hydrogen) atoms. The number of alkyl halides is 1. The summed E-state index contributed by atoms with van der Waals surface area (Å²) in [5, 5.41) is 2.83. The van der Waals surface area contributed by atoms with Gasteiger partial charge in [-0.05, 0) is 55.8 Å². The zero-order valence-corrected chi connectivity index (χ0v) is 19.1. The van der Waals surface area contributed by atoms with Gasteiger partial charge in [0.25, 0.3) is 0 Å². The third-order valence-electron chi connectivity index (χ3n) is 2.76. The van der Waals surface area contributed by atoms with Gasteiger partial charge in [0.1, 0.15) is 0 Å². The van der Waals surface area contributed by atoms with Crippen LogP contribution in [0, 0.1) is 0 Å². The minimum absolute atomic E-state index is 0.291. The summed E-state index contributed by atoms with van der Waals surface area (Å²) >= 11 is 4.64. The molecule has 0 amide bonds. The largest absolute Gasteiger partial charge is 0.351 e. The van der Waals surface area contributed by atoms with Crippen LogP contribution in [0.1, 0.15) is 27.7 Å². The Morgan fingerprint density at radius 3 is 2.25 bits per heavy atom. The molecule has 0 radical (unpaired) electrons. The van der Waals surface area contributed by atoms with Crippen molar-refractivity contribution in [1.82, 2.24) is 5.32 Å². The zero-order valence-electron chi connectivity index (χ0n) is 17.5. The fraction of sp³-hybridized carbons (Fsp3) is 0.273. The first-order valence-electron chi connectivity index (χ1n) is 8.67. The van der Waals surface area contributed by atoms with Gasteiger partial charge in [-0.2, -0.15) is 0 Å². The van der Waals surface area contributed by atoms with Crippen molar-refractivity contribution in [3.8, 4) is 0 Å². The van der Waals surface area contributed by atoms with Gasteiger partial charge in [0.2, 0.25) is 0 Å². The lowest BCUT2D eigenvalue weighted by Crippen LogP contribution is -2.05. The Morgan fingerprint density at radius 1 is 1.18 bits per heavy atom. The van der Waals surface area contributed by atoms with E-state index in [1.807, 2.05) is 45.1 Å². The molecular formula is C22H31ClN2O2S. The van der Waals surface area contributed by atoms with Gasteiger partial charge in [0, 0.05) is 18.3 Å². The van der Waals surface area contributed by atoms with E-state index in [4.69, 9.17) is 0 Å². The van der Waals surface area contributed by atoms with Gasteiger partial charge in [-0.25, -0.2) is 13.4 Å². The van der Waals surface area contributed by atoms with E-state index in [9.17, 15) is 8.42 Å². The zero-order chi connectivity index (χ0) is 22.0. The minimum atomic E-state index is -3.14. The molecule has 0 bridgehead atoms. The average Bonchev–Trinajstić information content (AvgIpc) is 2.92. The molecular weight excluding hydrogens is 392 g/mol. The fourth-order valence-electron chi connectivity index (χ4n) is 1.54. The molecule has 0 atom stereocenters. The van der Waals surface area contributed by atoms with Crippen molar-refractivity contribution in [3.63, 3.8) is 0 Å². The molecule has 1 aliphatic rings. The van der Waals surface area contributed by atoms with Gasteiger partial charge in [-0.3, -0.25) is 0 Å². The number of nitrogens with one attached hydrogen (secondary N) is 1. The van der Waals surface area contributed by atoms with Gasteiger partial charge in [0.05, 0.1) is 16.9 Å². The van der Waals surface area contributed by atoms with Crippen LogP contribution in [0.4, 0.5) is 5.69 Å². The number of hydrogen-bond donors (Lipinski definition) is 1. The Hall–Kier alpha value is -2.33. The quantitative estimate of drug-likeness (QED) is 0.281. The molecule has 0 unspecified atom stereocenters. The maximum atomic E-state index is 11.2. The molecule has 6 heteroatoms. The van der Waals surface area contributed by atoms with Gasteiger partial charge in [0.15, 0.2) is 9.84 Å². The maximum absolute atomic E-state index is 11.2. The molecule has 0 spiro atoms. The highest BCUT2D eigenvalue weighted by Gasteiger charge is 2.05. The molecule has 1 aromatic carbocycles. The molecule has 1 aliphatic carbocycles. The molecule has 0 heterocycles. The van der Waals surface area contributed by atoms with Gasteiger partial charge >= 0.3 is 0 Å². The minimum Gasteiger partial charge on any atom is -0.351 e. The number of aliphatic imine (C=N–C) groups is 1. The van der Waals surface area contributed by atoms with Crippen LogP contribution in [0.25, 0.3) is 0 Å². The first-order chi connectivity index (χ1) is 13.3. The lowest BCUT2D eigenvalue weighted by atomic mass is 10.3. The number of allylic oxidation sites excluding steroid dienone is 6. The second-order valence-electron chi connectivity index (χ2n) is 5.22. The summed E-state index contributed by atoms with van der Waals surface area (Å²) in [6, 6.07) is 6.35. The molecule has 0 saturated heterocycles. The molecule has 0 aromatic heterocycles. The van der Waals surface area contributed by atoms with E-state index in [0.29, 0.717) is 10.6 Å². The first-order valence-corrected chi connectivity index (χ1v) is 11.3. The number of rotatable bonds is 4. The molecule has 4 nitrogen and oxygen atoms in total. The number of hydrogen-bond acceptors (Lipinski definition) is 3. The lowest BCUT2D eigenvalue weighted by molar-refractivity contribution is 0.602. The predicted molar refractivity (Wildman–Crippen MR) is 124 cm³/mol. The number of nitrogens with zero attached hydrogens (tertiary/aromatic N) is 1. The molecule has 1 N–H and O–H groups in total. The monoisotopic (exact) mass is 422 g/mol. The Morgan fingerprint density at radius 2 is 1.75 bits per heavy atom. The summed E-state index contributed by atoms with van der Waals surface area (Å²) in [5.74, 6) is 0. The third-order valence-corrected chi connectivity index (χ3v) is 3.89. The van der Waals surface area contributed by atoms with Crippen LogP contribution in [0.3, 0.4) is 0 Å². The van der Waals surface area contributed by atoms with Crippen molar-refractivity contribution < 1.29 is 8.42 Å². The van der Waals surface area contributed by atoms with Crippen LogP contribution in [-0.2, 0) is 9.84 Å². The van der Waals surface area contributed by atoms with Crippen molar-refractivity contribution in [1.29, 1.82) is 0 Å². The molecule has 1 aromatic rings. The van der Waals surface area contributed by atoms with E-state index in [1.165, 1.54) is 36.7 Å². The van der Waals surface area contributed by atoms with E-state index in [2.05, 4.69) is 47.2 Å². The van der Waals surface area contributed by atoms with Crippen LogP contribution in [0.2, 0.25) is 0 Å². The second-order valence-corrected chi connectivity index (χ2v) is 7.24. The Bertz CT molecular complexity index is 828. The number of sulfone groups is 1. The van der Waals surface area contributed by atoms with Crippen LogP contribution < -0.4 is 5.32 Å². The SMILES string of the molecule is C=C(C)NC=Nc1ccc(S(C)(=O)=O)cc1.CC.CC1=CC=CC=C=C1.CCl. The highest BCUT2D eigenvalue weighted by molar-refractivity contribution is 7.90. The van der Waals surface area contributed by atoms with E-state index in [0.717, 1.165) is 5.70 Å². The summed E-state index contributed by atoms with van der Waals surface area (Å²) in [4.78, 5) is 4.37. The van der Waals surface area contributed by atoms with E-state index < -0.39 is 9.84 Å². The predicted octanol–water partition coefficient (Wildman–Crippen LogP) is 5.97. The fourth-order valence-corrected chi connectivity index (χ4v) is 2.17. The highest BCUT2D eigenvalue weighted by Crippen LogP contribution is 2.15. The highest BCUT2D eigenvalue weighted by atomic mass is 35.5. The normalized spacial score (nSPS) is 11.6. The van der Waals surface area contributed by atoms with Crippen LogP contribution in [-0.4, -0.2) is 27.4 Å².